The zero-order valence-electron chi connectivity index (χ0n) is 11.8. The lowest BCUT2D eigenvalue weighted by Gasteiger charge is -2.46. The number of nitrogens with zero attached hydrogens (tertiary/aromatic N) is 2. The lowest BCUT2D eigenvalue weighted by Crippen LogP contribution is -2.58. The molecule has 3 aliphatic heterocycles. The van der Waals surface area contributed by atoms with Crippen LogP contribution in [0.15, 0.2) is 0 Å². The van der Waals surface area contributed by atoms with E-state index in [1.165, 1.54) is 52.1 Å². The lowest BCUT2D eigenvalue weighted by atomic mass is 9.84. The fraction of sp³-hybridized carbons (Fsp3) is 1.00. The van der Waals surface area contributed by atoms with Crippen molar-refractivity contribution >= 4 is 0 Å². The Morgan fingerprint density at radius 2 is 1.88 bits per heavy atom. The highest BCUT2D eigenvalue weighted by molar-refractivity contribution is 4.92. The van der Waals surface area contributed by atoms with Crippen molar-refractivity contribution in [1.29, 1.82) is 0 Å². The Labute approximate surface area is 107 Å². The van der Waals surface area contributed by atoms with Gasteiger partial charge in [-0.3, -0.25) is 0 Å². The summed E-state index contributed by atoms with van der Waals surface area (Å²) >= 11 is 0. The third-order valence-corrected chi connectivity index (χ3v) is 4.58. The van der Waals surface area contributed by atoms with E-state index in [2.05, 4.69) is 35.9 Å². The highest BCUT2D eigenvalue weighted by Crippen LogP contribution is 2.27. The molecule has 0 aromatic carbocycles. The molecular formula is C14H29N3. The Balaban J connectivity index is 1.76. The van der Waals surface area contributed by atoms with Crippen LogP contribution in [0.4, 0.5) is 0 Å². The van der Waals surface area contributed by atoms with Crippen molar-refractivity contribution in [3.8, 4) is 0 Å². The molecule has 3 fully saturated rings. The second-order valence-corrected chi connectivity index (χ2v) is 5.80. The van der Waals surface area contributed by atoms with Gasteiger partial charge in [-0.2, -0.15) is 0 Å². The Kier molecular flexibility index (Phi) is 4.83. The summed E-state index contributed by atoms with van der Waals surface area (Å²) in [6.45, 7) is 14.3. The Morgan fingerprint density at radius 3 is 2.35 bits per heavy atom. The quantitative estimate of drug-likeness (QED) is 0.756. The van der Waals surface area contributed by atoms with Crippen LogP contribution in [0.3, 0.4) is 0 Å². The number of likely N-dealkylation sites (N-methyl/N-ethyl adjacent to an activating group) is 1. The molecule has 0 radical (unpaired) electrons. The number of hydrogen-bond acceptors (Lipinski definition) is 3. The van der Waals surface area contributed by atoms with Crippen LogP contribution in [0.1, 0.15) is 33.6 Å². The van der Waals surface area contributed by atoms with Gasteiger partial charge in [-0.1, -0.05) is 13.8 Å². The normalized spacial score (nSPS) is 34.2. The van der Waals surface area contributed by atoms with Crippen LogP contribution in [-0.4, -0.2) is 61.2 Å². The molecule has 3 nitrogen and oxygen atoms in total. The van der Waals surface area contributed by atoms with Gasteiger partial charge in [-0.15, -0.1) is 0 Å². The van der Waals surface area contributed by atoms with Gasteiger partial charge in [0.25, 0.3) is 0 Å². The highest BCUT2D eigenvalue weighted by Gasteiger charge is 2.34. The van der Waals surface area contributed by atoms with Gasteiger partial charge in [-0.05, 0) is 51.9 Å². The van der Waals surface area contributed by atoms with Crippen molar-refractivity contribution < 1.29 is 0 Å². The Morgan fingerprint density at radius 1 is 1.24 bits per heavy atom. The fourth-order valence-corrected chi connectivity index (χ4v) is 3.44. The average Bonchev–Trinajstić information content (AvgIpc) is 2.37. The summed E-state index contributed by atoms with van der Waals surface area (Å²) < 4.78 is 0. The number of piperidine rings is 3. The molecule has 100 valence electrons. The summed E-state index contributed by atoms with van der Waals surface area (Å²) in [6, 6.07) is 1.38. The molecule has 2 atom stereocenters. The van der Waals surface area contributed by atoms with E-state index in [0.29, 0.717) is 6.04 Å². The first-order valence-corrected chi connectivity index (χ1v) is 7.43. The number of hydrogen-bond donors (Lipinski definition) is 1. The maximum Gasteiger partial charge on any atom is 0.0227 e. The van der Waals surface area contributed by atoms with Crippen molar-refractivity contribution in [3.63, 3.8) is 0 Å². The largest absolute Gasteiger partial charge is 0.309 e. The molecule has 3 saturated heterocycles. The van der Waals surface area contributed by atoms with E-state index in [4.69, 9.17) is 0 Å². The number of fused-ring (bicyclic) bond motifs is 3. The van der Waals surface area contributed by atoms with Crippen LogP contribution in [-0.2, 0) is 0 Å². The van der Waals surface area contributed by atoms with Crippen LogP contribution in [0, 0.1) is 5.92 Å². The molecule has 0 aromatic heterocycles. The third-order valence-electron chi connectivity index (χ3n) is 4.58. The predicted molar refractivity (Wildman–Crippen MR) is 73.3 cm³/mol. The third kappa shape index (κ3) is 3.43. The molecule has 2 bridgehead atoms. The lowest BCUT2D eigenvalue weighted by molar-refractivity contribution is 0.0653. The van der Waals surface area contributed by atoms with E-state index in [9.17, 15) is 0 Å². The molecule has 3 heterocycles. The van der Waals surface area contributed by atoms with Gasteiger partial charge in [0, 0.05) is 25.2 Å². The summed E-state index contributed by atoms with van der Waals surface area (Å²) in [7, 11) is 0. The van der Waals surface area contributed by atoms with E-state index in [1.807, 2.05) is 0 Å². The van der Waals surface area contributed by atoms with E-state index in [-0.39, 0.29) is 0 Å². The first-order chi connectivity index (χ1) is 8.22. The van der Waals surface area contributed by atoms with E-state index in [0.717, 1.165) is 12.0 Å². The van der Waals surface area contributed by atoms with Gasteiger partial charge in [0.05, 0.1) is 0 Å². The van der Waals surface area contributed by atoms with E-state index in [1.54, 1.807) is 0 Å². The van der Waals surface area contributed by atoms with Crippen molar-refractivity contribution in [2.75, 3.05) is 39.3 Å². The van der Waals surface area contributed by atoms with Crippen LogP contribution in [0.25, 0.3) is 0 Å². The molecule has 17 heavy (non-hydrogen) atoms. The first kappa shape index (κ1) is 13.3. The summed E-state index contributed by atoms with van der Waals surface area (Å²) in [6.07, 6.45) is 2.82. The van der Waals surface area contributed by atoms with Crippen molar-refractivity contribution in [1.82, 2.24) is 15.1 Å². The molecule has 2 unspecified atom stereocenters. The van der Waals surface area contributed by atoms with Crippen LogP contribution in [0.5, 0.6) is 0 Å². The molecule has 1 N–H and O–H groups in total. The standard InChI is InChI=1S/C14H29N3/c1-4-16(5-2)10-12(3)15-14-11-17-8-6-13(14)7-9-17/h12-15H,4-11H2,1-3H3. The van der Waals surface area contributed by atoms with Gasteiger partial charge < -0.3 is 15.1 Å². The van der Waals surface area contributed by atoms with Crippen LogP contribution < -0.4 is 5.32 Å². The predicted octanol–water partition coefficient (Wildman–Crippen LogP) is 1.40. The molecule has 0 saturated carbocycles. The first-order valence-electron chi connectivity index (χ1n) is 7.43. The zero-order chi connectivity index (χ0) is 12.3. The maximum atomic E-state index is 3.87. The SMILES string of the molecule is CCN(CC)CC(C)NC1CN2CCC1CC2. The summed E-state index contributed by atoms with van der Waals surface area (Å²) in [5.41, 5.74) is 0. The smallest absolute Gasteiger partial charge is 0.0227 e. The molecule has 0 amide bonds. The fourth-order valence-electron chi connectivity index (χ4n) is 3.44. The molecule has 0 spiro atoms. The minimum absolute atomic E-state index is 0.625. The summed E-state index contributed by atoms with van der Waals surface area (Å²) in [5.74, 6) is 0.944. The monoisotopic (exact) mass is 239 g/mol. The molecule has 3 rings (SSSR count). The second kappa shape index (κ2) is 6.17. The molecule has 0 aromatic rings. The van der Waals surface area contributed by atoms with Gasteiger partial charge in [0.1, 0.15) is 0 Å². The van der Waals surface area contributed by atoms with Gasteiger partial charge in [0.15, 0.2) is 0 Å². The second-order valence-electron chi connectivity index (χ2n) is 5.80. The Bertz CT molecular complexity index is 220. The Hall–Kier alpha value is -0.120. The van der Waals surface area contributed by atoms with Crippen molar-refractivity contribution in [3.05, 3.63) is 0 Å². The highest BCUT2D eigenvalue weighted by atomic mass is 15.2. The van der Waals surface area contributed by atoms with Gasteiger partial charge in [0.2, 0.25) is 0 Å². The minimum Gasteiger partial charge on any atom is -0.309 e. The number of rotatable bonds is 6. The summed E-state index contributed by atoms with van der Waals surface area (Å²) in [4.78, 5) is 5.14. The maximum absolute atomic E-state index is 3.87. The average molecular weight is 239 g/mol. The molecule has 3 aliphatic rings. The van der Waals surface area contributed by atoms with E-state index < -0.39 is 0 Å². The van der Waals surface area contributed by atoms with Crippen molar-refractivity contribution in [2.45, 2.75) is 45.7 Å². The van der Waals surface area contributed by atoms with Crippen molar-refractivity contribution in [2.24, 2.45) is 5.92 Å². The van der Waals surface area contributed by atoms with E-state index >= 15 is 0 Å². The molecular weight excluding hydrogens is 210 g/mol. The zero-order valence-corrected chi connectivity index (χ0v) is 11.8. The summed E-state index contributed by atoms with van der Waals surface area (Å²) in [5, 5.41) is 3.87. The minimum atomic E-state index is 0.625. The topological polar surface area (TPSA) is 18.5 Å². The van der Waals surface area contributed by atoms with Crippen LogP contribution in [0.2, 0.25) is 0 Å². The number of nitrogens with one attached hydrogen (secondary N) is 1. The van der Waals surface area contributed by atoms with Crippen LogP contribution >= 0.6 is 0 Å². The van der Waals surface area contributed by atoms with Gasteiger partial charge in [-0.25, -0.2) is 0 Å². The van der Waals surface area contributed by atoms with Gasteiger partial charge >= 0.3 is 0 Å². The molecule has 0 aliphatic carbocycles. The molecule has 3 heteroatoms.